The minimum atomic E-state index is -1.14. The number of hydrogen-bond acceptors (Lipinski definition) is 2. The normalized spacial score (nSPS) is 11.6. The van der Waals surface area contributed by atoms with Gasteiger partial charge in [-0.2, -0.15) is 0 Å². The first-order valence-corrected chi connectivity index (χ1v) is 5.95. The van der Waals surface area contributed by atoms with Crippen LogP contribution >= 0.6 is 0 Å². The monoisotopic (exact) mass is 252 g/mol. The zero-order valence-electron chi connectivity index (χ0n) is 10.5. The number of aliphatic carboxylic acids is 2. The van der Waals surface area contributed by atoms with Crippen LogP contribution in [0.1, 0.15) is 38.5 Å². The van der Waals surface area contributed by atoms with Crippen LogP contribution < -0.4 is 0 Å². The average molecular weight is 252 g/mol. The summed E-state index contributed by atoms with van der Waals surface area (Å²) in [5.74, 6) is -2.29. The van der Waals surface area contributed by atoms with Gasteiger partial charge in [0.2, 0.25) is 0 Å². The summed E-state index contributed by atoms with van der Waals surface area (Å²) in [6.45, 7) is 7.10. The summed E-state index contributed by atoms with van der Waals surface area (Å²) >= 11 is 0. The van der Waals surface area contributed by atoms with Gasteiger partial charge in [0, 0.05) is 11.1 Å². The van der Waals surface area contributed by atoms with E-state index in [4.69, 9.17) is 10.2 Å². The van der Waals surface area contributed by atoms with Gasteiger partial charge < -0.3 is 10.2 Å². The molecule has 0 fully saturated rings. The second kappa shape index (κ2) is 9.22. The zero-order chi connectivity index (χ0) is 14.0. The maximum Gasteiger partial charge on any atom is 0.332 e. The fraction of sp³-hybridized carbons (Fsp3) is 0.429. The average Bonchev–Trinajstić information content (AvgIpc) is 2.31. The van der Waals surface area contributed by atoms with E-state index in [0.29, 0.717) is 25.7 Å². The van der Waals surface area contributed by atoms with Crippen molar-refractivity contribution >= 4 is 11.9 Å². The molecule has 0 bridgehead atoms. The molecule has 0 radical (unpaired) electrons. The lowest BCUT2D eigenvalue weighted by atomic mass is 9.98. The van der Waals surface area contributed by atoms with E-state index >= 15 is 0 Å². The zero-order valence-corrected chi connectivity index (χ0v) is 10.5. The lowest BCUT2D eigenvalue weighted by Crippen LogP contribution is -2.11. The third-order valence-electron chi connectivity index (χ3n) is 2.55. The van der Waals surface area contributed by atoms with Crippen molar-refractivity contribution in [2.45, 2.75) is 38.5 Å². The third-order valence-corrected chi connectivity index (χ3v) is 2.55. The lowest BCUT2D eigenvalue weighted by Gasteiger charge is -2.08. The molecule has 0 aliphatic rings. The molecule has 0 saturated heterocycles. The van der Waals surface area contributed by atoms with Crippen LogP contribution in [0, 0.1) is 0 Å². The molecule has 0 heterocycles. The van der Waals surface area contributed by atoms with Crippen molar-refractivity contribution in [3.05, 3.63) is 36.5 Å². The van der Waals surface area contributed by atoms with Gasteiger partial charge in [0.05, 0.1) is 0 Å². The van der Waals surface area contributed by atoms with E-state index in [0.717, 1.165) is 0 Å². The highest BCUT2D eigenvalue weighted by Gasteiger charge is 2.19. The highest BCUT2D eigenvalue weighted by Crippen LogP contribution is 2.19. The van der Waals surface area contributed by atoms with E-state index < -0.39 is 11.9 Å². The van der Waals surface area contributed by atoms with E-state index in [1.807, 2.05) is 0 Å². The Bertz CT molecular complexity index is 319. The van der Waals surface area contributed by atoms with Crippen molar-refractivity contribution in [1.29, 1.82) is 0 Å². The number of rotatable bonds is 10. The number of allylic oxidation sites excluding steroid dienone is 2. The molecule has 0 spiro atoms. The van der Waals surface area contributed by atoms with Crippen LogP contribution in [0.15, 0.2) is 36.5 Å². The number of hydrogen-bond donors (Lipinski definition) is 2. The Kier molecular flexibility index (Phi) is 8.27. The molecular weight excluding hydrogens is 232 g/mol. The molecule has 100 valence electrons. The Labute approximate surface area is 107 Å². The molecule has 0 aromatic rings. The SMILES string of the molecule is C=CCCC/C(C(=O)O)=C(/CCCC=C)C(=O)O. The smallest absolute Gasteiger partial charge is 0.332 e. The van der Waals surface area contributed by atoms with Gasteiger partial charge in [-0.25, -0.2) is 9.59 Å². The summed E-state index contributed by atoms with van der Waals surface area (Å²) in [4.78, 5) is 22.2. The summed E-state index contributed by atoms with van der Waals surface area (Å²) in [6.07, 6.45) is 6.46. The van der Waals surface area contributed by atoms with E-state index in [-0.39, 0.29) is 24.0 Å². The summed E-state index contributed by atoms with van der Waals surface area (Å²) in [5, 5.41) is 18.2. The van der Waals surface area contributed by atoms with Gasteiger partial charge in [0.15, 0.2) is 0 Å². The minimum Gasteiger partial charge on any atom is -0.478 e. The summed E-state index contributed by atoms with van der Waals surface area (Å²) in [7, 11) is 0. The largest absolute Gasteiger partial charge is 0.478 e. The third kappa shape index (κ3) is 6.03. The van der Waals surface area contributed by atoms with Crippen molar-refractivity contribution < 1.29 is 19.8 Å². The van der Waals surface area contributed by atoms with Crippen molar-refractivity contribution in [3.8, 4) is 0 Å². The Morgan fingerprint density at radius 3 is 1.39 bits per heavy atom. The molecule has 0 aromatic carbocycles. The fourth-order valence-electron chi connectivity index (χ4n) is 1.62. The van der Waals surface area contributed by atoms with Crippen LogP contribution in [-0.4, -0.2) is 22.2 Å². The van der Waals surface area contributed by atoms with Crippen LogP contribution in [0.2, 0.25) is 0 Å². The summed E-state index contributed by atoms with van der Waals surface area (Å²) in [5.41, 5.74) is 0.0156. The standard InChI is InChI=1S/C14H20O4/c1-3-5-7-9-11(13(15)16)12(14(17)18)10-8-6-4-2/h3-4H,1-2,5-10H2,(H,15,16)(H,17,18)/b12-11+. The quantitative estimate of drug-likeness (QED) is 0.356. The first kappa shape index (κ1) is 16.2. The maximum absolute atomic E-state index is 11.1. The van der Waals surface area contributed by atoms with Gasteiger partial charge in [0.1, 0.15) is 0 Å². The molecule has 0 saturated carbocycles. The van der Waals surface area contributed by atoms with E-state index in [1.165, 1.54) is 0 Å². The molecule has 4 nitrogen and oxygen atoms in total. The van der Waals surface area contributed by atoms with Gasteiger partial charge in [-0.05, 0) is 38.5 Å². The second-order valence-corrected chi connectivity index (χ2v) is 3.93. The number of carboxylic acids is 2. The first-order valence-electron chi connectivity index (χ1n) is 5.95. The lowest BCUT2D eigenvalue weighted by molar-refractivity contribution is -0.136. The van der Waals surface area contributed by atoms with Gasteiger partial charge in [-0.15, -0.1) is 13.2 Å². The van der Waals surface area contributed by atoms with Gasteiger partial charge >= 0.3 is 11.9 Å². The molecule has 0 aliphatic carbocycles. The number of carbonyl (C=O) groups is 2. The molecule has 0 amide bonds. The predicted octanol–water partition coefficient (Wildman–Crippen LogP) is 3.16. The van der Waals surface area contributed by atoms with Crippen LogP contribution in [0.3, 0.4) is 0 Å². The molecule has 0 aromatic heterocycles. The molecule has 4 heteroatoms. The Morgan fingerprint density at radius 2 is 1.17 bits per heavy atom. The molecule has 0 unspecified atom stereocenters. The van der Waals surface area contributed by atoms with Crippen molar-refractivity contribution in [2.75, 3.05) is 0 Å². The molecule has 2 N–H and O–H groups in total. The first-order chi connectivity index (χ1) is 8.54. The van der Waals surface area contributed by atoms with Crippen LogP contribution in [-0.2, 0) is 9.59 Å². The Morgan fingerprint density at radius 1 is 0.833 bits per heavy atom. The number of carboxylic acid groups (broad SMARTS) is 2. The van der Waals surface area contributed by atoms with Crippen LogP contribution in [0.5, 0.6) is 0 Å². The summed E-state index contributed by atoms with van der Waals surface area (Å²) < 4.78 is 0. The molecule has 0 aliphatic heterocycles. The molecule has 18 heavy (non-hydrogen) atoms. The van der Waals surface area contributed by atoms with E-state index in [9.17, 15) is 9.59 Å². The molecule has 0 atom stereocenters. The van der Waals surface area contributed by atoms with E-state index in [1.54, 1.807) is 12.2 Å². The fourth-order valence-corrected chi connectivity index (χ4v) is 1.62. The molecular formula is C14H20O4. The van der Waals surface area contributed by atoms with Crippen LogP contribution in [0.25, 0.3) is 0 Å². The predicted molar refractivity (Wildman–Crippen MR) is 70.4 cm³/mol. The van der Waals surface area contributed by atoms with Crippen molar-refractivity contribution in [2.24, 2.45) is 0 Å². The maximum atomic E-state index is 11.1. The molecule has 0 rings (SSSR count). The van der Waals surface area contributed by atoms with Crippen molar-refractivity contribution in [1.82, 2.24) is 0 Å². The van der Waals surface area contributed by atoms with E-state index in [2.05, 4.69) is 13.2 Å². The second-order valence-electron chi connectivity index (χ2n) is 3.93. The highest BCUT2D eigenvalue weighted by molar-refractivity contribution is 5.98. The minimum absolute atomic E-state index is 0.00779. The van der Waals surface area contributed by atoms with Crippen LogP contribution in [0.4, 0.5) is 0 Å². The highest BCUT2D eigenvalue weighted by atomic mass is 16.4. The van der Waals surface area contributed by atoms with Gasteiger partial charge in [0.25, 0.3) is 0 Å². The number of unbranched alkanes of at least 4 members (excludes halogenated alkanes) is 2. The topological polar surface area (TPSA) is 74.6 Å². The van der Waals surface area contributed by atoms with Gasteiger partial charge in [-0.3, -0.25) is 0 Å². The Balaban J connectivity index is 4.91. The summed E-state index contributed by atoms with van der Waals surface area (Å²) in [6, 6.07) is 0. The van der Waals surface area contributed by atoms with Crippen molar-refractivity contribution in [3.63, 3.8) is 0 Å². The van der Waals surface area contributed by atoms with Gasteiger partial charge in [-0.1, -0.05) is 12.2 Å². The Hall–Kier alpha value is -1.84.